The minimum Gasteiger partial charge on any atom is -0.403 e. The summed E-state index contributed by atoms with van der Waals surface area (Å²) in [5.41, 5.74) is 1.05. The lowest BCUT2D eigenvalue weighted by Crippen LogP contribution is -2.07. The Morgan fingerprint density at radius 3 is 2.34 bits per heavy atom. The van der Waals surface area contributed by atoms with Crippen molar-refractivity contribution in [3.8, 4) is 11.5 Å². The number of nitrogens with zero attached hydrogens (tertiary/aromatic N) is 3. The number of carbonyl (C=O) groups is 1. The van der Waals surface area contributed by atoms with E-state index in [1.165, 1.54) is 60.7 Å². The summed E-state index contributed by atoms with van der Waals surface area (Å²) in [6.07, 6.45) is 3.79. The van der Waals surface area contributed by atoms with Gasteiger partial charge in [-0.15, -0.1) is 5.10 Å². The van der Waals surface area contributed by atoms with Crippen molar-refractivity contribution < 1.29 is 22.6 Å². The van der Waals surface area contributed by atoms with Crippen molar-refractivity contribution in [2.24, 2.45) is 0 Å². The van der Waals surface area contributed by atoms with Crippen molar-refractivity contribution in [3.05, 3.63) is 70.3 Å². The van der Waals surface area contributed by atoms with Gasteiger partial charge in [-0.2, -0.15) is 0 Å². The summed E-state index contributed by atoms with van der Waals surface area (Å²) in [6.45, 7) is 0. The van der Waals surface area contributed by atoms with Gasteiger partial charge in [0.2, 0.25) is 5.89 Å². The van der Waals surface area contributed by atoms with E-state index in [2.05, 4.69) is 15.5 Å². The Kier molecular flexibility index (Phi) is 5.50. The van der Waals surface area contributed by atoms with Crippen molar-refractivity contribution in [1.29, 1.82) is 0 Å². The van der Waals surface area contributed by atoms with Crippen molar-refractivity contribution in [1.82, 2.24) is 10.2 Å². The second-order valence-electron chi connectivity index (χ2n) is 5.88. The van der Waals surface area contributed by atoms with Crippen molar-refractivity contribution in [2.75, 3.05) is 11.6 Å². The van der Waals surface area contributed by atoms with Crippen LogP contribution in [0.15, 0.2) is 63.9 Å². The molecule has 10 nitrogen and oxygen atoms in total. The maximum atomic E-state index is 12.0. The van der Waals surface area contributed by atoms with Crippen LogP contribution in [0.25, 0.3) is 17.5 Å². The number of hydrogen-bond donors (Lipinski definition) is 1. The van der Waals surface area contributed by atoms with Gasteiger partial charge < -0.3 is 4.42 Å². The molecule has 0 radical (unpaired) electrons. The number of nitro benzene ring substituents is 1. The fraction of sp³-hybridized carbons (Fsp3) is 0.0556. The molecule has 0 fully saturated rings. The van der Waals surface area contributed by atoms with Crippen LogP contribution in [-0.2, 0) is 14.6 Å². The number of nitrogens with one attached hydrogen (secondary N) is 1. The lowest BCUT2D eigenvalue weighted by Gasteiger charge is -1.99. The smallest absolute Gasteiger partial charge is 0.322 e. The van der Waals surface area contributed by atoms with E-state index in [9.17, 15) is 23.3 Å². The van der Waals surface area contributed by atoms with Gasteiger partial charge in [0.25, 0.3) is 11.6 Å². The molecular weight excluding hydrogens is 400 g/mol. The first-order valence-corrected chi connectivity index (χ1v) is 9.99. The third kappa shape index (κ3) is 5.11. The molecule has 3 aromatic rings. The first kappa shape index (κ1) is 19.9. The molecule has 0 saturated heterocycles. The first-order chi connectivity index (χ1) is 13.7. The molecule has 1 amide bonds. The second kappa shape index (κ2) is 8.02. The number of carbonyl (C=O) groups excluding carboxylic acids is 1. The lowest BCUT2D eigenvalue weighted by molar-refractivity contribution is -0.384. The molecule has 2 aromatic carbocycles. The number of rotatable bonds is 6. The molecular formula is C18H14N4O6S. The van der Waals surface area contributed by atoms with Crippen LogP contribution in [0.1, 0.15) is 5.56 Å². The van der Waals surface area contributed by atoms with Crippen LogP contribution in [-0.4, -0.2) is 35.7 Å². The van der Waals surface area contributed by atoms with Gasteiger partial charge in [-0.05, 0) is 48.0 Å². The number of non-ortho nitro benzene ring substituents is 1. The summed E-state index contributed by atoms with van der Waals surface area (Å²) in [7, 11) is -3.31. The molecule has 0 spiro atoms. The zero-order chi connectivity index (χ0) is 21.0. The van der Waals surface area contributed by atoms with Gasteiger partial charge in [0.1, 0.15) is 0 Å². The zero-order valence-corrected chi connectivity index (χ0v) is 15.8. The van der Waals surface area contributed by atoms with E-state index in [0.29, 0.717) is 11.1 Å². The van der Waals surface area contributed by atoms with E-state index < -0.39 is 20.7 Å². The van der Waals surface area contributed by atoms with Crippen LogP contribution in [0, 0.1) is 10.1 Å². The van der Waals surface area contributed by atoms with Crippen molar-refractivity contribution in [3.63, 3.8) is 0 Å². The van der Waals surface area contributed by atoms with Gasteiger partial charge in [0.05, 0.1) is 9.82 Å². The average molecular weight is 414 g/mol. The number of anilines is 1. The Labute approximate surface area is 165 Å². The third-order valence-corrected chi connectivity index (χ3v) is 4.84. The summed E-state index contributed by atoms with van der Waals surface area (Å²) in [5, 5.41) is 20.5. The molecule has 3 rings (SSSR count). The third-order valence-electron chi connectivity index (χ3n) is 3.72. The molecule has 1 heterocycles. The monoisotopic (exact) mass is 414 g/mol. The van der Waals surface area contributed by atoms with E-state index in [4.69, 9.17) is 4.42 Å². The number of aromatic nitrogens is 2. The predicted molar refractivity (Wildman–Crippen MR) is 104 cm³/mol. The number of nitro groups is 1. The SMILES string of the molecule is CS(=O)(=O)c1ccc(-c2nnc(NC(=O)/C=C\c3ccc([N+](=O)[O-])cc3)o2)cc1. The van der Waals surface area contributed by atoms with Crippen molar-refractivity contribution >= 4 is 33.5 Å². The lowest BCUT2D eigenvalue weighted by atomic mass is 10.2. The summed E-state index contributed by atoms with van der Waals surface area (Å²) in [5.74, 6) is -0.425. The van der Waals surface area contributed by atoms with E-state index in [1.54, 1.807) is 0 Å². The van der Waals surface area contributed by atoms with Gasteiger partial charge in [-0.3, -0.25) is 20.2 Å². The maximum Gasteiger partial charge on any atom is 0.322 e. The topological polar surface area (TPSA) is 145 Å². The highest BCUT2D eigenvalue weighted by Gasteiger charge is 2.12. The van der Waals surface area contributed by atoms with Gasteiger partial charge in [-0.25, -0.2) is 8.42 Å². The normalized spacial score (nSPS) is 11.5. The minimum absolute atomic E-state index is 0.0467. The molecule has 0 saturated carbocycles. The Morgan fingerprint density at radius 1 is 1.10 bits per heavy atom. The Balaban J connectivity index is 1.65. The van der Waals surface area contributed by atoms with Gasteiger partial charge in [0, 0.05) is 30.0 Å². The number of sulfone groups is 1. The Bertz CT molecular complexity index is 1180. The predicted octanol–water partition coefficient (Wildman–Crippen LogP) is 2.70. The van der Waals surface area contributed by atoms with Crippen LogP contribution in [0.2, 0.25) is 0 Å². The van der Waals surface area contributed by atoms with Crippen LogP contribution < -0.4 is 5.32 Å². The molecule has 0 aliphatic heterocycles. The zero-order valence-electron chi connectivity index (χ0n) is 15.0. The molecule has 0 unspecified atom stereocenters. The highest BCUT2D eigenvalue weighted by Crippen LogP contribution is 2.21. The number of benzene rings is 2. The molecule has 1 aromatic heterocycles. The van der Waals surface area contributed by atoms with Gasteiger partial charge >= 0.3 is 6.01 Å². The number of amides is 1. The second-order valence-corrected chi connectivity index (χ2v) is 7.90. The quantitative estimate of drug-likeness (QED) is 0.368. The van der Waals surface area contributed by atoms with Crippen LogP contribution in [0.5, 0.6) is 0 Å². The fourth-order valence-electron chi connectivity index (χ4n) is 2.26. The molecule has 29 heavy (non-hydrogen) atoms. The van der Waals surface area contributed by atoms with Gasteiger partial charge in [0.15, 0.2) is 9.84 Å². The first-order valence-electron chi connectivity index (χ1n) is 8.10. The van der Waals surface area contributed by atoms with E-state index in [1.807, 2.05) is 0 Å². The number of hydrogen-bond acceptors (Lipinski definition) is 8. The molecule has 0 atom stereocenters. The highest BCUT2D eigenvalue weighted by atomic mass is 32.2. The Hall–Kier alpha value is -3.86. The minimum atomic E-state index is -3.31. The van der Waals surface area contributed by atoms with E-state index in [-0.39, 0.29) is 22.5 Å². The van der Waals surface area contributed by atoms with Crippen LogP contribution >= 0.6 is 0 Å². The fourth-order valence-corrected chi connectivity index (χ4v) is 2.89. The molecule has 11 heteroatoms. The summed E-state index contributed by atoms with van der Waals surface area (Å²) in [6, 6.07) is 11.4. The summed E-state index contributed by atoms with van der Waals surface area (Å²) in [4.78, 5) is 22.2. The molecule has 0 aliphatic carbocycles. The van der Waals surface area contributed by atoms with Crippen LogP contribution in [0.4, 0.5) is 11.7 Å². The summed E-state index contributed by atoms with van der Waals surface area (Å²) < 4.78 is 28.3. The largest absolute Gasteiger partial charge is 0.403 e. The summed E-state index contributed by atoms with van der Waals surface area (Å²) >= 11 is 0. The average Bonchev–Trinajstić information content (AvgIpc) is 3.14. The van der Waals surface area contributed by atoms with Gasteiger partial charge in [-0.1, -0.05) is 5.10 Å². The molecule has 0 bridgehead atoms. The Morgan fingerprint density at radius 2 is 1.76 bits per heavy atom. The maximum absolute atomic E-state index is 12.0. The highest BCUT2D eigenvalue weighted by molar-refractivity contribution is 7.90. The standard InChI is InChI=1S/C18H14N4O6S/c1-29(26,27)15-9-5-13(6-10-15)17-20-21-18(28-17)19-16(23)11-4-12-2-7-14(8-3-12)22(24)25/h2-11H,1H3,(H,19,21,23)/b11-4-. The van der Waals surface area contributed by atoms with Crippen molar-refractivity contribution in [2.45, 2.75) is 4.90 Å². The molecule has 1 N–H and O–H groups in total. The molecule has 0 aliphatic rings. The van der Waals surface area contributed by atoms with Crippen LogP contribution in [0.3, 0.4) is 0 Å². The van der Waals surface area contributed by atoms with E-state index >= 15 is 0 Å². The molecule has 148 valence electrons. The van der Waals surface area contributed by atoms with E-state index in [0.717, 1.165) is 6.26 Å².